The minimum atomic E-state index is -0.779. The van der Waals surface area contributed by atoms with Crippen molar-refractivity contribution in [2.24, 2.45) is 0 Å². The number of halogens is 2. The third kappa shape index (κ3) is 4.91. The van der Waals surface area contributed by atoms with Gasteiger partial charge in [-0.15, -0.1) is 5.10 Å². The summed E-state index contributed by atoms with van der Waals surface area (Å²) in [5, 5.41) is 11.2. The lowest BCUT2D eigenvalue weighted by molar-refractivity contribution is -0.138. The van der Waals surface area contributed by atoms with Crippen LogP contribution in [0.3, 0.4) is 0 Å². The number of carbonyl (C=O) groups is 1. The molecule has 0 aliphatic heterocycles. The fraction of sp³-hybridized carbons (Fsp3) is 0.222. The molecule has 0 fully saturated rings. The van der Waals surface area contributed by atoms with E-state index >= 15 is 0 Å². The Morgan fingerprint density at radius 2 is 1.67 bits per heavy atom. The topological polar surface area (TPSA) is 81.9 Å². The van der Waals surface area contributed by atoms with Crippen LogP contribution in [0.4, 0.5) is 8.78 Å². The van der Waals surface area contributed by atoms with Crippen molar-refractivity contribution in [1.29, 1.82) is 0 Å². The molecule has 0 spiro atoms. The van der Waals surface area contributed by atoms with Crippen LogP contribution in [0.2, 0.25) is 0 Å². The molecule has 0 saturated carbocycles. The van der Waals surface area contributed by atoms with Gasteiger partial charge in [0.1, 0.15) is 23.5 Å². The SMILES string of the molecule is Cc1nnnn1C(Cc1ccc(F)cc1)C(=O)NOCc1ccc(F)cc1. The van der Waals surface area contributed by atoms with Gasteiger partial charge in [0.05, 0.1) is 6.61 Å². The second-order valence-electron chi connectivity index (χ2n) is 5.90. The normalized spacial score (nSPS) is 12.0. The first-order valence-electron chi connectivity index (χ1n) is 8.18. The highest BCUT2D eigenvalue weighted by atomic mass is 19.1. The average Bonchev–Trinajstić information content (AvgIpc) is 3.08. The van der Waals surface area contributed by atoms with Crippen LogP contribution in [0.15, 0.2) is 48.5 Å². The van der Waals surface area contributed by atoms with E-state index in [2.05, 4.69) is 21.0 Å². The van der Waals surface area contributed by atoms with Gasteiger partial charge < -0.3 is 0 Å². The highest BCUT2D eigenvalue weighted by molar-refractivity contribution is 5.79. The summed E-state index contributed by atoms with van der Waals surface area (Å²) >= 11 is 0. The highest BCUT2D eigenvalue weighted by Gasteiger charge is 2.24. The largest absolute Gasteiger partial charge is 0.270 e. The molecule has 7 nitrogen and oxygen atoms in total. The van der Waals surface area contributed by atoms with Crippen LogP contribution >= 0.6 is 0 Å². The molecule has 2 aromatic carbocycles. The number of tetrazole rings is 1. The first-order chi connectivity index (χ1) is 13.0. The van der Waals surface area contributed by atoms with Gasteiger partial charge in [-0.05, 0) is 52.7 Å². The zero-order valence-corrected chi connectivity index (χ0v) is 14.5. The Balaban J connectivity index is 1.68. The Labute approximate surface area is 153 Å². The van der Waals surface area contributed by atoms with Gasteiger partial charge in [-0.3, -0.25) is 9.63 Å². The molecule has 0 aliphatic carbocycles. The fourth-order valence-corrected chi connectivity index (χ4v) is 2.50. The number of hydrogen-bond donors (Lipinski definition) is 1. The second-order valence-corrected chi connectivity index (χ2v) is 5.90. The maximum atomic E-state index is 13.1. The molecule has 1 unspecified atom stereocenters. The first-order valence-corrected chi connectivity index (χ1v) is 8.18. The molecule has 3 rings (SSSR count). The molecule has 1 atom stereocenters. The molecule has 140 valence electrons. The second kappa shape index (κ2) is 8.45. The number of amides is 1. The van der Waals surface area contributed by atoms with Crippen molar-refractivity contribution >= 4 is 5.91 Å². The Morgan fingerprint density at radius 3 is 2.22 bits per heavy atom. The summed E-state index contributed by atoms with van der Waals surface area (Å²) in [4.78, 5) is 17.9. The molecule has 1 N–H and O–H groups in total. The third-order valence-corrected chi connectivity index (χ3v) is 3.92. The fourth-order valence-electron chi connectivity index (χ4n) is 2.50. The monoisotopic (exact) mass is 373 g/mol. The number of hydroxylamine groups is 1. The molecule has 27 heavy (non-hydrogen) atoms. The molecule has 0 saturated heterocycles. The number of aryl methyl sites for hydroxylation is 1. The average molecular weight is 373 g/mol. The highest BCUT2D eigenvalue weighted by Crippen LogP contribution is 2.16. The third-order valence-electron chi connectivity index (χ3n) is 3.92. The lowest BCUT2D eigenvalue weighted by atomic mass is 10.1. The molecule has 1 aromatic heterocycles. The van der Waals surface area contributed by atoms with Crippen LogP contribution in [0.1, 0.15) is 23.0 Å². The lowest BCUT2D eigenvalue weighted by Gasteiger charge is -2.17. The molecule has 1 heterocycles. The molecule has 9 heteroatoms. The Hall–Kier alpha value is -3.20. The first kappa shape index (κ1) is 18.6. The van der Waals surface area contributed by atoms with Crippen LogP contribution in [0, 0.1) is 18.6 Å². The predicted octanol–water partition coefficient (Wildman–Crippen LogP) is 2.29. The summed E-state index contributed by atoms with van der Waals surface area (Å²) < 4.78 is 27.4. The van der Waals surface area contributed by atoms with E-state index in [1.807, 2.05) is 0 Å². The van der Waals surface area contributed by atoms with Gasteiger partial charge in [0, 0.05) is 6.42 Å². The summed E-state index contributed by atoms with van der Waals surface area (Å²) in [6.07, 6.45) is 0.248. The van der Waals surface area contributed by atoms with Gasteiger partial charge in [0.25, 0.3) is 5.91 Å². The lowest BCUT2D eigenvalue weighted by Crippen LogP contribution is -2.35. The van der Waals surface area contributed by atoms with Crippen molar-refractivity contribution < 1.29 is 18.4 Å². The molecule has 1 amide bonds. The minimum Gasteiger partial charge on any atom is -0.270 e. The summed E-state index contributed by atoms with van der Waals surface area (Å²) in [7, 11) is 0. The molecular formula is C18H17F2N5O2. The smallest absolute Gasteiger partial charge is 0.268 e. The summed E-state index contributed by atoms with van der Waals surface area (Å²) in [5.74, 6) is -0.718. The molecule has 0 aliphatic rings. The quantitative estimate of drug-likeness (QED) is 0.643. The summed E-state index contributed by atoms with van der Waals surface area (Å²) in [5.41, 5.74) is 3.81. The standard InChI is InChI=1S/C18H17F2N5O2/c1-12-21-23-24-25(12)17(10-13-2-6-15(19)7-3-13)18(26)22-27-11-14-4-8-16(20)9-5-14/h2-9,17H,10-11H2,1H3,(H,22,26). The summed E-state index contributed by atoms with van der Waals surface area (Å²) in [6.45, 7) is 1.74. The summed E-state index contributed by atoms with van der Waals surface area (Å²) in [6, 6.07) is 10.8. The molecule has 3 aromatic rings. The number of nitrogens with zero attached hydrogens (tertiary/aromatic N) is 4. The van der Waals surface area contributed by atoms with E-state index in [9.17, 15) is 13.6 Å². The van der Waals surface area contributed by atoms with Gasteiger partial charge in [-0.25, -0.2) is 18.9 Å². The number of carbonyl (C=O) groups excluding carboxylic acids is 1. The van der Waals surface area contributed by atoms with Crippen molar-refractivity contribution in [3.63, 3.8) is 0 Å². The van der Waals surface area contributed by atoms with Crippen LogP contribution in [-0.4, -0.2) is 26.1 Å². The molecular weight excluding hydrogens is 356 g/mol. The van der Waals surface area contributed by atoms with E-state index in [1.54, 1.807) is 31.2 Å². The minimum absolute atomic E-state index is 0.0733. The number of nitrogens with one attached hydrogen (secondary N) is 1. The van der Waals surface area contributed by atoms with Gasteiger partial charge in [0.2, 0.25) is 0 Å². The Morgan fingerprint density at radius 1 is 1.07 bits per heavy atom. The van der Waals surface area contributed by atoms with Gasteiger partial charge in [-0.2, -0.15) is 0 Å². The van der Waals surface area contributed by atoms with E-state index < -0.39 is 11.9 Å². The van der Waals surface area contributed by atoms with Crippen molar-refractivity contribution in [2.45, 2.75) is 26.0 Å². The van der Waals surface area contributed by atoms with E-state index in [0.717, 1.165) is 5.56 Å². The zero-order chi connectivity index (χ0) is 19.2. The van der Waals surface area contributed by atoms with E-state index in [0.29, 0.717) is 11.4 Å². The van der Waals surface area contributed by atoms with Crippen molar-refractivity contribution in [3.8, 4) is 0 Å². The number of rotatable bonds is 7. The van der Waals surface area contributed by atoms with Crippen LogP contribution in [-0.2, 0) is 22.7 Å². The van der Waals surface area contributed by atoms with Gasteiger partial charge >= 0.3 is 0 Å². The van der Waals surface area contributed by atoms with Crippen LogP contribution in [0.5, 0.6) is 0 Å². The van der Waals surface area contributed by atoms with Crippen molar-refractivity contribution in [2.75, 3.05) is 0 Å². The number of aromatic nitrogens is 4. The molecule has 0 bridgehead atoms. The van der Waals surface area contributed by atoms with Crippen molar-refractivity contribution in [1.82, 2.24) is 25.7 Å². The van der Waals surface area contributed by atoms with Crippen LogP contribution in [0.25, 0.3) is 0 Å². The number of hydrogen-bond acceptors (Lipinski definition) is 5. The Bertz CT molecular complexity index is 897. The zero-order valence-electron chi connectivity index (χ0n) is 14.5. The molecule has 0 radical (unpaired) electrons. The maximum absolute atomic E-state index is 13.1. The van der Waals surface area contributed by atoms with Gasteiger partial charge in [-0.1, -0.05) is 24.3 Å². The van der Waals surface area contributed by atoms with Crippen molar-refractivity contribution in [3.05, 3.63) is 77.1 Å². The van der Waals surface area contributed by atoms with E-state index in [4.69, 9.17) is 4.84 Å². The number of benzene rings is 2. The predicted molar refractivity (Wildman–Crippen MR) is 91.0 cm³/mol. The van der Waals surface area contributed by atoms with Gasteiger partial charge in [0.15, 0.2) is 0 Å². The van der Waals surface area contributed by atoms with E-state index in [-0.39, 0.29) is 24.7 Å². The van der Waals surface area contributed by atoms with Crippen LogP contribution < -0.4 is 5.48 Å². The maximum Gasteiger partial charge on any atom is 0.268 e. The Kier molecular flexibility index (Phi) is 5.82. The van der Waals surface area contributed by atoms with E-state index in [1.165, 1.54) is 28.9 Å².